The van der Waals surface area contributed by atoms with Gasteiger partial charge in [-0.25, -0.2) is 0 Å². The summed E-state index contributed by atoms with van der Waals surface area (Å²) in [4.78, 5) is 0. The summed E-state index contributed by atoms with van der Waals surface area (Å²) in [5.74, 6) is 0. The fourth-order valence-corrected chi connectivity index (χ4v) is 0.354. The van der Waals surface area contributed by atoms with Crippen molar-refractivity contribution >= 4 is 0 Å². The zero-order chi connectivity index (χ0) is 7.11. The first-order valence-corrected chi connectivity index (χ1v) is 2.56. The van der Waals surface area contributed by atoms with Gasteiger partial charge in [0.15, 0.2) is 6.10 Å². The lowest BCUT2D eigenvalue weighted by Crippen LogP contribution is -2.01. The first-order valence-electron chi connectivity index (χ1n) is 2.56. The van der Waals surface area contributed by atoms with Crippen molar-refractivity contribution in [2.45, 2.75) is 6.10 Å². The molecule has 0 aliphatic rings. The van der Waals surface area contributed by atoms with Crippen molar-refractivity contribution in [1.29, 1.82) is 5.26 Å². The van der Waals surface area contributed by atoms with Crippen LogP contribution in [0.5, 0.6) is 0 Å². The van der Waals surface area contributed by atoms with Gasteiger partial charge in [-0.05, 0) is 6.08 Å². The number of rotatable bonds is 3. The summed E-state index contributed by atoms with van der Waals surface area (Å²) in [6.45, 7) is 3.45. The van der Waals surface area contributed by atoms with Crippen LogP contribution in [-0.4, -0.2) is 13.2 Å². The van der Waals surface area contributed by atoms with Gasteiger partial charge in [0.25, 0.3) is 0 Å². The summed E-state index contributed by atoms with van der Waals surface area (Å²) in [7, 11) is 1.49. The van der Waals surface area contributed by atoms with Gasteiger partial charge in [0.2, 0.25) is 0 Å². The first-order chi connectivity index (χ1) is 4.35. The van der Waals surface area contributed by atoms with Gasteiger partial charge in [-0.3, -0.25) is 0 Å². The monoisotopic (exact) mass is 123 g/mol. The maximum absolute atomic E-state index is 8.29. The van der Waals surface area contributed by atoms with E-state index in [0.29, 0.717) is 0 Å². The molecule has 9 heavy (non-hydrogen) atoms. The molecular formula is C7H9NO. The van der Waals surface area contributed by atoms with Crippen molar-refractivity contribution in [3.05, 3.63) is 24.8 Å². The van der Waals surface area contributed by atoms with Crippen LogP contribution in [0.2, 0.25) is 0 Å². The van der Waals surface area contributed by atoms with Crippen molar-refractivity contribution in [3.8, 4) is 6.07 Å². The van der Waals surface area contributed by atoms with Gasteiger partial charge in [-0.1, -0.05) is 18.7 Å². The summed E-state index contributed by atoms with van der Waals surface area (Å²) < 4.78 is 4.71. The molecule has 1 unspecified atom stereocenters. The van der Waals surface area contributed by atoms with Crippen molar-refractivity contribution in [1.82, 2.24) is 0 Å². The van der Waals surface area contributed by atoms with Crippen LogP contribution in [0.3, 0.4) is 0 Å². The Morgan fingerprint density at radius 3 is 2.78 bits per heavy atom. The molecule has 0 rings (SSSR count). The molecule has 0 aromatic carbocycles. The van der Waals surface area contributed by atoms with E-state index in [4.69, 9.17) is 10.00 Å². The minimum Gasteiger partial charge on any atom is -0.362 e. The van der Waals surface area contributed by atoms with Crippen LogP contribution in [0.25, 0.3) is 0 Å². The van der Waals surface area contributed by atoms with E-state index < -0.39 is 6.10 Å². The number of hydrogen-bond acceptors (Lipinski definition) is 2. The quantitative estimate of drug-likeness (QED) is 0.529. The number of nitriles is 1. The van der Waals surface area contributed by atoms with Gasteiger partial charge < -0.3 is 4.74 Å². The van der Waals surface area contributed by atoms with Crippen molar-refractivity contribution in [2.75, 3.05) is 7.11 Å². The molecule has 0 aromatic rings. The van der Waals surface area contributed by atoms with Crippen LogP contribution in [0.1, 0.15) is 0 Å². The zero-order valence-electron chi connectivity index (χ0n) is 5.37. The summed E-state index contributed by atoms with van der Waals surface area (Å²) in [5.41, 5.74) is 0. The average molecular weight is 123 g/mol. The van der Waals surface area contributed by atoms with Crippen LogP contribution in [-0.2, 0) is 4.74 Å². The lowest BCUT2D eigenvalue weighted by atomic mass is 10.3. The average Bonchev–Trinajstić information content (AvgIpc) is 1.91. The molecule has 0 saturated heterocycles. The Balaban J connectivity index is 3.71. The van der Waals surface area contributed by atoms with Gasteiger partial charge in [0.05, 0.1) is 6.07 Å². The second-order valence-electron chi connectivity index (χ2n) is 1.41. The molecule has 2 nitrogen and oxygen atoms in total. The van der Waals surface area contributed by atoms with Gasteiger partial charge in [0.1, 0.15) is 0 Å². The predicted molar refractivity (Wildman–Crippen MR) is 35.7 cm³/mol. The van der Waals surface area contributed by atoms with Crippen molar-refractivity contribution < 1.29 is 4.74 Å². The fraction of sp³-hybridized carbons (Fsp3) is 0.286. The Morgan fingerprint density at radius 1 is 1.78 bits per heavy atom. The number of nitrogens with zero attached hydrogens (tertiary/aromatic N) is 1. The van der Waals surface area contributed by atoms with Crippen LogP contribution in [0.15, 0.2) is 24.8 Å². The maximum atomic E-state index is 8.29. The molecule has 48 valence electrons. The molecular weight excluding hydrogens is 114 g/mol. The number of methoxy groups -OCH3 is 1. The molecule has 0 aliphatic heterocycles. The molecule has 0 aromatic heterocycles. The van der Waals surface area contributed by atoms with Crippen LogP contribution >= 0.6 is 0 Å². The lowest BCUT2D eigenvalue weighted by molar-refractivity contribution is 0.183. The minimum absolute atomic E-state index is 0.442. The highest BCUT2D eigenvalue weighted by atomic mass is 16.5. The van der Waals surface area contributed by atoms with E-state index in [1.54, 1.807) is 18.2 Å². The molecule has 0 aliphatic carbocycles. The van der Waals surface area contributed by atoms with Gasteiger partial charge in [-0.15, -0.1) is 0 Å². The van der Waals surface area contributed by atoms with Crippen molar-refractivity contribution in [3.63, 3.8) is 0 Å². The molecule has 0 bridgehead atoms. The van der Waals surface area contributed by atoms with E-state index >= 15 is 0 Å². The van der Waals surface area contributed by atoms with E-state index in [9.17, 15) is 0 Å². The summed E-state index contributed by atoms with van der Waals surface area (Å²) >= 11 is 0. The molecule has 1 atom stereocenters. The zero-order valence-corrected chi connectivity index (χ0v) is 5.37. The molecule has 0 N–H and O–H groups in total. The van der Waals surface area contributed by atoms with Crippen LogP contribution in [0, 0.1) is 11.3 Å². The molecule has 0 amide bonds. The highest BCUT2D eigenvalue weighted by Crippen LogP contribution is 1.88. The largest absolute Gasteiger partial charge is 0.362 e. The fourth-order valence-electron chi connectivity index (χ4n) is 0.354. The van der Waals surface area contributed by atoms with Gasteiger partial charge >= 0.3 is 0 Å². The first kappa shape index (κ1) is 7.93. The summed E-state index contributed by atoms with van der Waals surface area (Å²) in [6, 6.07) is 1.93. The molecule has 0 saturated carbocycles. The Morgan fingerprint density at radius 2 is 2.44 bits per heavy atom. The van der Waals surface area contributed by atoms with Gasteiger partial charge in [-0.2, -0.15) is 5.26 Å². The highest BCUT2D eigenvalue weighted by Gasteiger charge is 1.94. The number of allylic oxidation sites excluding steroid dienone is 2. The molecule has 2 heteroatoms. The normalized spacial score (nSPS) is 12.9. The molecule has 0 heterocycles. The standard InChI is InChI=1S/C7H9NO/c1-3-4-5-7(6-8)9-2/h3-5,7H,1H2,2H3/b5-4-. The number of ether oxygens (including phenoxy) is 1. The number of hydrogen-bond donors (Lipinski definition) is 0. The molecule has 0 fully saturated rings. The Hall–Kier alpha value is -1.07. The summed E-state index contributed by atoms with van der Waals surface area (Å²) in [5, 5.41) is 8.29. The van der Waals surface area contributed by atoms with Crippen LogP contribution in [0.4, 0.5) is 0 Å². The smallest absolute Gasteiger partial charge is 0.162 e. The third-order valence-corrected chi connectivity index (χ3v) is 0.803. The SMILES string of the molecule is C=C/C=C\C(C#N)OC. The minimum atomic E-state index is -0.442. The predicted octanol–water partition coefficient (Wildman–Crippen LogP) is 1.27. The van der Waals surface area contributed by atoms with Crippen molar-refractivity contribution in [2.24, 2.45) is 0 Å². The Kier molecular flexibility index (Phi) is 4.47. The second-order valence-corrected chi connectivity index (χ2v) is 1.41. The van der Waals surface area contributed by atoms with Crippen LogP contribution < -0.4 is 0 Å². The van der Waals surface area contributed by atoms with E-state index in [2.05, 4.69) is 6.58 Å². The van der Waals surface area contributed by atoms with E-state index in [1.807, 2.05) is 6.07 Å². The highest BCUT2D eigenvalue weighted by molar-refractivity contribution is 5.07. The van der Waals surface area contributed by atoms with Gasteiger partial charge in [0, 0.05) is 7.11 Å². The van der Waals surface area contributed by atoms with E-state index in [-0.39, 0.29) is 0 Å². The molecule has 0 spiro atoms. The Labute approximate surface area is 55.1 Å². The topological polar surface area (TPSA) is 33.0 Å². The second kappa shape index (κ2) is 5.07. The molecule has 0 radical (unpaired) electrons. The third kappa shape index (κ3) is 3.51. The van der Waals surface area contributed by atoms with E-state index in [0.717, 1.165) is 0 Å². The lowest BCUT2D eigenvalue weighted by Gasteiger charge is -1.95. The summed E-state index contributed by atoms with van der Waals surface area (Å²) in [6.07, 6.45) is 4.47. The Bertz CT molecular complexity index is 143. The third-order valence-electron chi connectivity index (χ3n) is 0.803. The van der Waals surface area contributed by atoms with E-state index in [1.165, 1.54) is 7.11 Å². The maximum Gasteiger partial charge on any atom is 0.162 e.